The summed E-state index contributed by atoms with van der Waals surface area (Å²) in [5, 5.41) is 9.85. The number of aliphatic hydroxyl groups excluding tert-OH is 1. The third-order valence-corrected chi connectivity index (χ3v) is 2.84. The largest absolute Gasteiger partial charge is 0.469 e. The predicted octanol–water partition coefficient (Wildman–Crippen LogP) is 0.743. The van der Waals surface area contributed by atoms with Gasteiger partial charge in [0.15, 0.2) is 0 Å². The van der Waals surface area contributed by atoms with Crippen LogP contribution in [0.25, 0.3) is 0 Å². The zero-order chi connectivity index (χ0) is 16.4. The van der Waals surface area contributed by atoms with Crippen molar-refractivity contribution in [1.82, 2.24) is 0 Å². The molecule has 0 fully saturated rings. The van der Waals surface area contributed by atoms with Crippen molar-refractivity contribution in [3.8, 4) is 0 Å². The number of carbonyl (C=O) groups excluding carboxylic acids is 3. The average Bonchev–Trinajstić information content (AvgIpc) is 2.48. The van der Waals surface area contributed by atoms with Crippen LogP contribution in [-0.2, 0) is 28.6 Å². The van der Waals surface area contributed by atoms with Crippen LogP contribution in [0.5, 0.6) is 0 Å². The van der Waals surface area contributed by atoms with Crippen molar-refractivity contribution in [2.75, 3.05) is 21.3 Å². The standard InChI is InChI=1S/C14H22O7/c1-5-6-9(15)7-10(13(17)20-3)11(14(18)21-4)8-12(16)19-2/h9,15H,5-8H2,1-4H3/b11-10-/t9-/m0/s1. The van der Waals surface area contributed by atoms with Gasteiger partial charge in [0, 0.05) is 6.42 Å². The summed E-state index contributed by atoms with van der Waals surface area (Å²) in [5.74, 6) is -2.30. The molecule has 0 spiro atoms. The molecule has 0 saturated carbocycles. The molecule has 0 aromatic heterocycles. The van der Waals surface area contributed by atoms with Gasteiger partial charge in [-0.05, 0) is 6.42 Å². The molecule has 0 aliphatic rings. The van der Waals surface area contributed by atoms with Crippen LogP contribution in [0.15, 0.2) is 11.1 Å². The second-order valence-electron chi connectivity index (χ2n) is 4.34. The fraction of sp³-hybridized carbons (Fsp3) is 0.643. The van der Waals surface area contributed by atoms with Crippen LogP contribution < -0.4 is 0 Å². The van der Waals surface area contributed by atoms with E-state index in [9.17, 15) is 19.5 Å². The minimum Gasteiger partial charge on any atom is -0.469 e. The lowest BCUT2D eigenvalue weighted by Gasteiger charge is -2.15. The zero-order valence-electron chi connectivity index (χ0n) is 12.8. The lowest BCUT2D eigenvalue weighted by molar-refractivity contribution is -0.143. The molecule has 0 unspecified atom stereocenters. The summed E-state index contributed by atoms with van der Waals surface area (Å²) in [6.07, 6.45) is -0.178. The van der Waals surface area contributed by atoms with Crippen molar-refractivity contribution in [3.05, 3.63) is 11.1 Å². The van der Waals surface area contributed by atoms with Gasteiger partial charge in [-0.1, -0.05) is 13.3 Å². The molecule has 0 bridgehead atoms. The lowest BCUT2D eigenvalue weighted by atomic mass is 9.97. The summed E-state index contributed by atoms with van der Waals surface area (Å²) >= 11 is 0. The molecule has 21 heavy (non-hydrogen) atoms. The molecule has 0 aliphatic heterocycles. The minimum absolute atomic E-state index is 0.0734. The summed E-state index contributed by atoms with van der Waals surface area (Å²) in [6.45, 7) is 1.88. The molecule has 0 aliphatic carbocycles. The third-order valence-electron chi connectivity index (χ3n) is 2.84. The van der Waals surface area contributed by atoms with Crippen molar-refractivity contribution in [2.24, 2.45) is 0 Å². The Morgan fingerprint density at radius 2 is 1.48 bits per heavy atom. The molecule has 0 saturated heterocycles. The van der Waals surface area contributed by atoms with Gasteiger partial charge in [-0.2, -0.15) is 0 Å². The lowest BCUT2D eigenvalue weighted by Crippen LogP contribution is -2.21. The van der Waals surface area contributed by atoms with Crippen molar-refractivity contribution in [3.63, 3.8) is 0 Å². The summed E-state index contributed by atoms with van der Waals surface area (Å²) in [5.41, 5.74) is -0.234. The van der Waals surface area contributed by atoms with Crippen molar-refractivity contribution >= 4 is 17.9 Å². The minimum atomic E-state index is -0.829. The van der Waals surface area contributed by atoms with Gasteiger partial charge in [-0.25, -0.2) is 9.59 Å². The zero-order valence-corrected chi connectivity index (χ0v) is 12.8. The van der Waals surface area contributed by atoms with E-state index < -0.39 is 30.4 Å². The molecule has 0 rings (SSSR count). The predicted molar refractivity (Wildman–Crippen MR) is 73.2 cm³/mol. The van der Waals surface area contributed by atoms with E-state index >= 15 is 0 Å². The van der Waals surface area contributed by atoms with Gasteiger partial charge >= 0.3 is 17.9 Å². The highest BCUT2D eigenvalue weighted by molar-refractivity contribution is 6.03. The Morgan fingerprint density at radius 1 is 0.952 bits per heavy atom. The number of hydrogen-bond acceptors (Lipinski definition) is 7. The number of esters is 3. The number of rotatable bonds is 8. The molecule has 0 amide bonds. The maximum Gasteiger partial charge on any atom is 0.334 e. The summed E-state index contributed by atoms with van der Waals surface area (Å²) in [6, 6.07) is 0. The Labute approximate surface area is 123 Å². The molecule has 1 atom stereocenters. The second-order valence-corrected chi connectivity index (χ2v) is 4.34. The Hall–Kier alpha value is -1.89. The third kappa shape index (κ3) is 6.40. The first-order valence-corrected chi connectivity index (χ1v) is 6.54. The van der Waals surface area contributed by atoms with Crippen LogP contribution in [0.4, 0.5) is 0 Å². The van der Waals surface area contributed by atoms with E-state index in [0.29, 0.717) is 12.8 Å². The second kappa shape index (κ2) is 9.93. The van der Waals surface area contributed by atoms with E-state index in [2.05, 4.69) is 14.2 Å². The average molecular weight is 302 g/mol. The van der Waals surface area contributed by atoms with Gasteiger partial charge in [-0.15, -0.1) is 0 Å². The molecule has 7 heteroatoms. The number of aliphatic hydroxyl groups is 1. The highest BCUT2D eigenvalue weighted by Gasteiger charge is 2.26. The number of carbonyl (C=O) groups is 3. The first-order valence-electron chi connectivity index (χ1n) is 6.54. The van der Waals surface area contributed by atoms with Crippen LogP contribution in [0.2, 0.25) is 0 Å². The quantitative estimate of drug-likeness (QED) is 0.401. The first-order chi connectivity index (χ1) is 9.90. The van der Waals surface area contributed by atoms with Crippen LogP contribution in [-0.4, -0.2) is 50.4 Å². The molecule has 7 nitrogen and oxygen atoms in total. The molecule has 1 N–H and O–H groups in total. The fourth-order valence-corrected chi connectivity index (χ4v) is 1.77. The van der Waals surface area contributed by atoms with E-state index in [1.807, 2.05) is 6.92 Å². The van der Waals surface area contributed by atoms with Crippen molar-refractivity contribution < 1.29 is 33.7 Å². The number of hydrogen-bond donors (Lipinski definition) is 1. The highest BCUT2D eigenvalue weighted by Crippen LogP contribution is 2.20. The van der Waals surface area contributed by atoms with Crippen molar-refractivity contribution in [2.45, 2.75) is 38.7 Å². The van der Waals surface area contributed by atoms with E-state index in [4.69, 9.17) is 0 Å². The fourth-order valence-electron chi connectivity index (χ4n) is 1.77. The Balaban J connectivity index is 5.60. The topological polar surface area (TPSA) is 99.1 Å². The normalized spacial score (nSPS) is 13.0. The monoisotopic (exact) mass is 302 g/mol. The molecular weight excluding hydrogens is 280 g/mol. The van der Waals surface area contributed by atoms with Gasteiger partial charge in [0.05, 0.1) is 45.0 Å². The van der Waals surface area contributed by atoms with E-state index in [-0.39, 0.29) is 17.6 Å². The van der Waals surface area contributed by atoms with E-state index in [0.717, 1.165) is 14.2 Å². The molecular formula is C14H22O7. The van der Waals surface area contributed by atoms with Gasteiger partial charge in [-0.3, -0.25) is 4.79 Å². The first kappa shape index (κ1) is 19.1. The Bertz CT molecular complexity index is 412. The Morgan fingerprint density at radius 3 is 1.90 bits per heavy atom. The summed E-state index contributed by atoms with van der Waals surface area (Å²) in [4.78, 5) is 35.0. The maximum atomic E-state index is 11.8. The molecule has 0 aromatic carbocycles. The van der Waals surface area contributed by atoms with E-state index in [1.54, 1.807) is 0 Å². The van der Waals surface area contributed by atoms with Gasteiger partial charge < -0.3 is 19.3 Å². The van der Waals surface area contributed by atoms with Crippen LogP contribution >= 0.6 is 0 Å². The number of ether oxygens (including phenoxy) is 3. The SMILES string of the molecule is CCC[C@H](O)C/C(C(=O)OC)=C(\CC(=O)OC)C(=O)OC. The molecule has 0 aromatic rings. The Kier molecular flexibility index (Phi) is 9.03. The molecule has 120 valence electrons. The van der Waals surface area contributed by atoms with Crippen molar-refractivity contribution in [1.29, 1.82) is 0 Å². The summed E-state index contributed by atoms with van der Waals surface area (Å²) in [7, 11) is 3.46. The van der Waals surface area contributed by atoms with Gasteiger partial charge in [0.2, 0.25) is 0 Å². The smallest absolute Gasteiger partial charge is 0.334 e. The van der Waals surface area contributed by atoms with Gasteiger partial charge in [0.25, 0.3) is 0 Å². The molecule has 0 heterocycles. The maximum absolute atomic E-state index is 11.8. The van der Waals surface area contributed by atoms with Crippen LogP contribution in [0, 0.1) is 0 Å². The number of methoxy groups -OCH3 is 3. The van der Waals surface area contributed by atoms with E-state index in [1.165, 1.54) is 7.11 Å². The van der Waals surface area contributed by atoms with Gasteiger partial charge in [0.1, 0.15) is 0 Å². The summed E-state index contributed by atoms with van der Waals surface area (Å²) < 4.78 is 13.7. The molecule has 0 radical (unpaired) electrons. The van der Waals surface area contributed by atoms with Crippen LogP contribution in [0.1, 0.15) is 32.6 Å². The highest BCUT2D eigenvalue weighted by atomic mass is 16.5. The van der Waals surface area contributed by atoms with Crippen LogP contribution in [0.3, 0.4) is 0 Å².